The number of benzene rings is 1. The Balaban J connectivity index is 2.10. The summed E-state index contributed by atoms with van der Waals surface area (Å²) in [6.45, 7) is 1.67. The topological polar surface area (TPSA) is 89.3 Å². The molecule has 6 heteroatoms. The molecule has 2 aliphatic rings. The largest absolute Gasteiger partial charge is 0.329 e. The maximum Gasteiger partial charge on any atom is 0.272 e. The average molecular weight is 300 g/mol. The number of nitro groups is 1. The molecule has 1 N–H and O–H groups in total. The Hall–Kier alpha value is -2.50. The van der Waals surface area contributed by atoms with Crippen LogP contribution in [0.15, 0.2) is 29.5 Å². The third-order valence-corrected chi connectivity index (χ3v) is 4.32. The monoisotopic (exact) mass is 300 g/mol. The number of allylic oxidation sites excluding steroid dienone is 2. The number of ketones is 1. The smallest absolute Gasteiger partial charge is 0.272 e. The van der Waals surface area contributed by atoms with Gasteiger partial charge in [-0.25, -0.2) is 0 Å². The molecule has 0 fully saturated rings. The third kappa shape index (κ3) is 2.41. The van der Waals surface area contributed by atoms with Gasteiger partial charge in [0, 0.05) is 41.7 Å². The molecule has 1 amide bonds. The molecule has 1 aromatic rings. The summed E-state index contributed by atoms with van der Waals surface area (Å²) >= 11 is 0. The minimum absolute atomic E-state index is 0.0221. The van der Waals surface area contributed by atoms with Crippen molar-refractivity contribution in [1.29, 1.82) is 0 Å². The van der Waals surface area contributed by atoms with Gasteiger partial charge in [0.25, 0.3) is 5.69 Å². The Labute approximate surface area is 127 Å². The number of aryl methyl sites for hydroxylation is 1. The van der Waals surface area contributed by atoms with Gasteiger partial charge in [-0.1, -0.05) is 12.1 Å². The van der Waals surface area contributed by atoms with Crippen LogP contribution in [-0.2, 0) is 9.59 Å². The van der Waals surface area contributed by atoms with E-state index in [1.807, 2.05) is 0 Å². The second kappa shape index (κ2) is 5.36. The summed E-state index contributed by atoms with van der Waals surface area (Å²) in [5, 5.41) is 13.9. The number of nitro benzene ring substituents is 1. The van der Waals surface area contributed by atoms with E-state index in [1.165, 1.54) is 6.07 Å². The lowest BCUT2D eigenvalue weighted by Gasteiger charge is -2.31. The first kappa shape index (κ1) is 14.4. The molecule has 0 aromatic heterocycles. The number of carbonyl (C=O) groups excluding carboxylic acids is 2. The molecule has 0 saturated heterocycles. The molecule has 0 unspecified atom stereocenters. The van der Waals surface area contributed by atoms with Crippen LogP contribution in [0.3, 0.4) is 0 Å². The predicted octanol–water partition coefficient (Wildman–Crippen LogP) is 2.51. The molecule has 114 valence electrons. The van der Waals surface area contributed by atoms with Crippen molar-refractivity contribution in [2.75, 3.05) is 0 Å². The molecule has 6 nitrogen and oxygen atoms in total. The first-order valence-electron chi connectivity index (χ1n) is 7.28. The molecule has 3 rings (SSSR count). The highest BCUT2D eigenvalue weighted by Crippen LogP contribution is 2.39. The highest BCUT2D eigenvalue weighted by Gasteiger charge is 2.35. The fourth-order valence-electron chi connectivity index (χ4n) is 3.23. The zero-order chi connectivity index (χ0) is 15.9. The highest BCUT2D eigenvalue weighted by atomic mass is 16.6. The predicted molar refractivity (Wildman–Crippen MR) is 79.2 cm³/mol. The van der Waals surface area contributed by atoms with Gasteiger partial charge < -0.3 is 5.32 Å². The van der Waals surface area contributed by atoms with Gasteiger partial charge in [0.05, 0.1) is 4.92 Å². The van der Waals surface area contributed by atoms with E-state index in [-0.39, 0.29) is 29.7 Å². The molecule has 1 atom stereocenters. The minimum Gasteiger partial charge on any atom is -0.329 e. The van der Waals surface area contributed by atoms with Crippen LogP contribution >= 0.6 is 0 Å². The van der Waals surface area contributed by atoms with Gasteiger partial charge in [-0.2, -0.15) is 0 Å². The van der Waals surface area contributed by atoms with Gasteiger partial charge in [0.2, 0.25) is 5.91 Å². The molecule has 0 radical (unpaired) electrons. The number of hydrogen-bond donors (Lipinski definition) is 1. The number of carbonyl (C=O) groups is 2. The zero-order valence-corrected chi connectivity index (χ0v) is 12.2. The van der Waals surface area contributed by atoms with E-state index in [0.717, 1.165) is 6.42 Å². The van der Waals surface area contributed by atoms with Gasteiger partial charge in [-0.05, 0) is 25.3 Å². The van der Waals surface area contributed by atoms with Crippen molar-refractivity contribution in [3.05, 3.63) is 50.7 Å². The first-order chi connectivity index (χ1) is 10.5. The molecule has 1 aliphatic carbocycles. The van der Waals surface area contributed by atoms with Crippen molar-refractivity contribution in [2.45, 2.75) is 38.5 Å². The molecule has 1 aliphatic heterocycles. The molecular formula is C16H16N2O4. The van der Waals surface area contributed by atoms with Crippen LogP contribution in [0.25, 0.3) is 0 Å². The maximum atomic E-state index is 12.3. The number of rotatable bonds is 2. The van der Waals surface area contributed by atoms with E-state index < -0.39 is 4.92 Å². The number of hydrogen-bond acceptors (Lipinski definition) is 4. The van der Waals surface area contributed by atoms with Gasteiger partial charge in [-0.3, -0.25) is 19.7 Å². The van der Waals surface area contributed by atoms with E-state index in [4.69, 9.17) is 0 Å². The Morgan fingerprint density at radius 1 is 1.27 bits per heavy atom. The SMILES string of the molecule is Cc1ccc([C@H]2CC(=O)NC3=C2C(=O)CCC3)cc1[N+](=O)[O-]. The quantitative estimate of drug-likeness (QED) is 0.671. The van der Waals surface area contributed by atoms with Crippen molar-refractivity contribution in [3.8, 4) is 0 Å². The van der Waals surface area contributed by atoms with Crippen LogP contribution in [0.1, 0.15) is 42.7 Å². The summed E-state index contributed by atoms with van der Waals surface area (Å²) in [5.74, 6) is -0.480. The van der Waals surface area contributed by atoms with Crippen LogP contribution < -0.4 is 5.32 Å². The maximum absolute atomic E-state index is 12.3. The minimum atomic E-state index is -0.431. The number of nitrogens with zero attached hydrogens (tertiary/aromatic N) is 1. The van der Waals surface area contributed by atoms with Gasteiger partial charge in [0.15, 0.2) is 5.78 Å². The Morgan fingerprint density at radius 3 is 2.77 bits per heavy atom. The summed E-state index contributed by atoms with van der Waals surface area (Å²) in [6, 6.07) is 4.94. The summed E-state index contributed by atoms with van der Waals surface area (Å²) in [7, 11) is 0. The fraction of sp³-hybridized carbons (Fsp3) is 0.375. The summed E-state index contributed by atoms with van der Waals surface area (Å²) in [4.78, 5) is 34.8. The van der Waals surface area contributed by atoms with Gasteiger partial charge in [-0.15, -0.1) is 0 Å². The number of nitrogens with one attached hydrogen (secondary N) is 1. The molecule has 0 bridgehead atoms. The highest BCUT2D eigenvalue weighted by molar-refractivity contribution is 6.01. The summed E-state index contributed by atoms with van der Waals surface area (Å²) in [6.07, 6.45) is 2.04. The summed E-state index contributed by atoms with van der Waals surface area (Å²) < 4.78 is 0. The number of Topliss-reactive ketones (excluding diaryl/α,β-unsaturated/α-hetero) is 1. The van der Waals surface area contributed by atoms with Crippen molar-refractivity contribution in [2.24, 2.45) is 0 Å². The molecule has 0 spiro atoms. The zero-order valence-electron chi connectivity index (χ0n) is 12.2. The van der Waals surface area contributed by atoms with Crippen molar-refractivity contribution >= 4 is 17.4 Å². The van der Waals surface area contributed by atoms with Crippen LogP contribution in [0, 0.1) is 17.0 Å². The fourth-order valence-corrected chi connectivity index (χ4v) is 3.23. The second-order valence-corrected chi connectivity index (χ2v) is 5.78. The molecule has 0 saturated carbocycles. The van der Waals surface area contributed by atoms with E-state index in [9.17, 15) is 19.7 Å². The molecular weight excluding hydrogens is 284 g/mol. The van der Waals surface area contributed by atoms with E-state index >= 15 is 0 Å². The van der Waals surface area contributed by atoms with E-state index in [2.05, 4.69) is 5.32 Å². The third-order valence-electron chi connectivity index (χ3n) is 4.32. The molecule has 1 aromatic carbocycles. The Bertz CT molecular complexity index is 721. The number of amides is 1. The van der Waals surface area contributed by atoms with Crippen LogP contribution in [-0.4, -0.2) is 16.6 Å². The van der Waals surface area contributed by atoms with Crippen molar-refractivity contribution < 1.29 is 14.5 Å². The van der Waals surface area contributed by atoms with E-state index in [0.29, 0.717) is 35.2 Å². The van der Waals surface area contributed by atoms with Gasteiger partial charge >= 0.3 is 0 Å². The Kier molecular flexibility index (Phi) is 3.52. The van der Waals surface area contributed by atoms with Crippen molar-refractivity contribution in [3.63, 3.8) is 0 Å². The molecule has 22 heavy (non-hydrogen) atoms. The van der Waals surface area contributed by atoms with Gasteiger partial charge in [0.1, 0.15) is 0 Å². The van der Waals surface area contributed by atoms with Crippen LogP contribution in [0.5, 0.6) is 0 Å². The van der Waals surface area contributed by atoms with Crippen LogP contribution in [0.4, 0.5) is 5.69 Å². The second-order valence-electron chi connectivity index (χ2n) is 5.78. The lowest BCUT2D eigenvalue weighted by molar-refractivity contribution is -0.385. The van der Waals surface area contributed by atoms with E-state index in [1.54, 1.807) is 19.1 Å². The lowest BCUT2D eigenvalue weighted by atomic mass is 9.78. The standard InChI is InChI=1S/C16H16N2O4/c1-9-5-6-10(7-13(9)18(21)22)11-8-15(20)17-12-3-2-4-14(19)16(11)12/h5-7,11H,2-4,8H2,1H3,(H,17,20)/t11-/m1/s1. The van der Waals surface area contributed by atoms with Crippen molar-refractivity contribution in [1.82, 2.24) is 5.32 Å². The first-order valence-corrected chi connectivity index (χ1v) is 7.28. The van der Waals surface area contributed by atoms with Crippen LogP contribution in [0.2, 0.25) is 0 Å². The Morgan fingerprint density at radius 2 is 2.05 bits per heavy atom. The lowest BCUT2D eigenvalue weighted by Crippen LogP contribution is -2.36. The normalized spacial score (nSPS) is 21.4. The summed E-state index contributed by atoms with van der Waals surface area (Å²) in [5.41, 5.74) is 2.58. The molecule has 1 heterocycles. The average Bonchev–Trinajstić information content (AvgIpc) is 2.46.